The van der Waals surface area contributed by atoms with Gasteiger partial charge in [-0.1, -0.05) is 23.7 Å². The molecule has 3 aromatic heterocycles. The van der Waals surface area contributed by atoms with Crippen molar-refractivity contribution in [1.82, 2.24) is 13.9 Å². The smallest absolute Gasteiger partial charge is 0.245 e. The molecule has 0 aliphatic heterocycles. The van der Waals surface area contributed by atoms with Crippen molar-refractivity contribution >= 4 is 44.0 Å². The quantitative estimate of drug-likeness (QED) is 0.507. The lowest BCUT2D eigenvalue weighted by Crippen LogP contribution is -2.11. The lowest BCUT2D eigenvalue weighted by molar-refractivity contribution is 0.589. The molecule has 4 rings (SSSR count). The van der Waals surface area contributed by atoms with Crippen molar-refractivity contribution in [2.75, 3.05) is 0 Å². The molecule has 0 aliphatic rings. The first-order valence-corrected chi connectivity index (χ1v) is 9.64. The van der Waals surface area contributed by atoms with E-state index in [1.54, 1.807) is 42.6 Å². The van der Waals surface area contributed by atoms with Crippen LogP contribution in [0.4, 0.5) is 0 Å². The van der Waals surface area contributed by atoms with Crippen LogP contribution in [0.1, 0.15) is 0 Å². The van der Waals surface area contributed by atoms with Gasteiger partial charge in [0.2, 0.25) is 0 Å². The summed E-state index contributed by atoms with van der Waals surface area (Å²) in [4.78, 5) is 8.55. The number of hydrogen-bond acceptors (Lipinski definition) is 5. The van der Waals surface area contributed by atoms with E-state index in [2.05, 4.69) is 9.97 Å². The average molecular weight is 376 g/mol. The Hall–Kier alpha value is -2.22. The Balaban J connectivity index is 1.87. The number of aromatic nitrogens is 3. The molecule has 0 saturated carbocycles. The zero-order valence-electron chi connectivity index (χ0n) is 12.1. The molecule has 0 spiro atoms. The Bertz CT molecular complexity index is 1140. The fraction of sp³-hybridized carbons (Fsp3) is 0. The minimum Gasteiger partial charge on any atom is -0.245 e. The second-order valence-electron chi connectivity index (χ2n) is 5.02. The molecule has 0 aliphatic carbocycles. The lowest BCUT2D eigenvalue weighted by atomic mass is 10.2. The molecule has 5 nitrogen and oxygen atoms in total. The van der Waals surface area contributed by atoms with Crippen molar-refractivity contribution in [3.63, 3.8) is 0 Å². The van der Waals surface area contributed by atoms with Crippen LogP contribution in [0.15, 0.2) is 65.1 Å². The molecule has 0 saturated heterocycles. The molecule has 0 unspecified atom stereocenters. The Morgan fingerprint density at radius 1 is 1.12 bits per heavy atom. The zero-order valence-corrected chi connectivity index (χ0v) is 14.5. The summed E-state index contributed by atoms with van der Waals surface area (Å²) in [5.74, 6) is 0. The van der Waals surface area contributed by atoms with Gasteiger partial charge in [-0.3, -0.25) is 0 Å². The second-order valence-corrected chi connectivity index (χ2v) is 8.12. The minimum atomic E-state index is -3.74. The molecule has 3 heterocycles. The molecule has 24 heavy (non-hydrogen) atoms. The molecule has 4 aromatic rings. The van der Waals surface area contributed by atoms with Crippen LogP contribution in [-0.2, 0) is 10.0 Å². The maximum Gasteiger partial charge on any atom is 0.268 e. The number of thiazole rings is 1. The van der Waals surface area contributed by atoms with Crippen LogP contribution in [0.25, 0.3) is 21.6 Å². The van der Waals surface area contributed by atoms with Gasteiger partial charge in [-0.15, -0.1) is 11.3 Å². The van der Waals surface area contributed by atoms with Crippen molar-refractivity contribution in [3.8, 4) is 10.6 Å². The molecule has 120 valence electrons. The number of hydrogen-bond donors (Lipinski definition) is 0. The van der Waals surface area contributed by atoms with Crippen LogP contribution in [0, 0.1) is 0 Å². The Morgan fingerprint density at radius 3 is 2.79 bits per heavy atom. The maximum absolute atomic E-state index is 13.0. The SMILES string of the molecule is O=S(=O)(c1cccc(-c2nccs2)c1)n1ccc2nc(Cl)ccc21. The van der Waals surface area contributed by atoms with Crippen LogP contribution in [0.5, 0.6) is 0 Å². The van der Waals surface area contributed by atoms with E-state index < -0.39 is 10.0 Å². The standard InChI is InChI=1S/C16H10ClN3O2S2/c17-15-5-4-14-13(19-15)6-8-20(14)24(21,22)12-3-1-2-11(10-12)16-18-7-9-23-16/h1-10H. The molecule has 0 bridgehead atoms. The summed E-state index contributed by atoms with van der Waals surface area (Å²) in [5.41, 5.74) is 1.78. The van der Waals surface area contributed by atoms with E-state index in [0.29, 0.717) is 16.2 Å². The Morgan fingerprint density at radius 2 is 2.00 bits per heavy atom. The van der Waals surface area contributed by atoms with Crippen molar-refractivity contribution in [2.45, 2.75) is 4.90 Å². The normalized spacial score (nSPS) is 11.9. The summed E-state index contributed by atoms with van der Waals surface area (Å²) in [6.07, 6.45) is 3.18. The molecule has 0 atom stereocenters. The number of fused-ring (bicyclic) bond motifs is 1. The van der Waals surface area contributed by atoms with E-state index in [4.69, 9.17) is 11.6 Å². The van der Waals surface area contributed by atoms with Gasteiger partial charge in [-0.05, 0) is 30.3 Å². The van der Waals surface area contributed by atoms with Gasteiger partial charge in [0, 0.05) is 23.3 Å². The molecular weight excluding hydrogens is 366 g/mol. The van der Waals surface area contributed by atoms with Gasteiger partial charge in [0.15, 0.2) is 0 Å². The van der Waals surface area contributed by atoms with Crippen molar-refractivity contribution < 1.29 is 8.42 Å². The predicted octanol–water partition coefficient (Wildman–Crippen LogP) is 4.05. The predicted molar refractivity (Wildman–Crippen MR) is 94.9 cm³/mol. The summed E-state index contributed by atoms with van der Waals surface area (Å²) in [6.45, 7) is 0. The molecule has 0 amide bonds. The zero-order chi connectivity index (χ0) is 16.7. The molecule has 8 heteroatoms. The van der Waals surface area contributed by atoms with E-state index in [9.17, 15) is 8.42 Å². The first-order valence-electron chi connectivity index (χ1n) is 6.95. The second kappa shape index (κ2) is 5.70. The first-order chi connectivity index (χ1) is 11.6. The van der Waals surface area contributed by atoms with E-state index in [-0.39, 0.29) is 4.90 Å². The van der Waals surface area contributed by atoms with Gasteiger partial charge < -0.3 is 0 Å². The number of nitrogens with zero attached hydrogens (tertiary/aromatic N) is 3. The van der Waals surface area contributed by atoms with Gasteiger partial charge >= 0.3 is 0 Å². The molecule has 0 radical (unpaired) electrons. The van der Waals surface area contributed by atoms with Gasteiger partial charge in [0.25, 0.3) is 10.0 Å². The maximum atomic E-state index is 13.0. The summed E-state index contributed by atoms with van der Waals surface area (Å²) in [7, 11) is -3.74. The number of pyridine rings is 1. The highest BCUT2D eigenvalue weighted by Crippen LogP contribution is 2.27. The highest BCUT2D eigenvalue weighted by molar-refractivity contribution is 7.90. The van der Waals surface area contributed by atoms with Gasteiger partial charge in [-0.25, -0.2) is 22.4 Å². The Kier molecular flexibility index (Phi) is 3.64. The highest BCUT2D eigenvalue weighted by atomic mass is 35.5. The van der Waals surface area contributed by atoms with Gasteiger partial charge in [0.1, 0.15) is 10.2 Å². The van der Waals surface area contributed by atoms with E-state index >= 15 is 0 Å². The topological polar surface area (TPSA) is 64.8 Å². The third-order valence-corrected chi connectivity index (χ3v) is 6.26. The fourth-order valence-corrected chi connectivity index (χ4v) is 4.63. The van der Waals surface area contributed by atoms with E-state index in [1.807, 2.05) is 11.4 Å². The van der Waals surface area contributed by atoms with E-state index in [0.717, 1.165) is 10.6 Å². The average Bonchev–Trinajstić information content (AvgIpc) is 3.24. The summed E-state index contributed by atoms with van der Waals surface area (Å²) >= 11 is 7.32. The fourth-order valence-electron chi connectivity index (χ4n) is 2.45. The van der Waals surface area contributed by atoms with E-state index in [1.165, 1.54) is 21.5 Å². The summed E-state index contributed by atoms with van der Waals surface area (Å²) < 4.78 is 27.2. The van der Waals surface area contributed by atoms with Crippen molar-refractivity contribution in [2.24, 2.45) is 0 Å². The summed E-state index contributed by atoms with van der Waals surface area (Å²) in [5, 5.41) is 2.95. The Labute approximate surface area is 147 Å². The molecule has 1 aromatic carbocycles. The third-order valence-electron chi connectivity index (χ3n) is 3.54. The highest BCUT2D eigenvalue weighted by Gasteiger charge is 2.20. The van der Waals surface area contributed by atoms with Crippen LogP contribution < -0.4 is 0 Å². The first kappa shape index (κ1) is 15.3. The molecule has 0 fully saturated rings. The number of halogens is 1. The largest absolute Gasteiger partial charge is 0.268 e. The van der Waals surface area contributed by atoms with Crippen LogP contribution in [0.2, 0.25) is 5.15 Å². The number of rotatable bonds is 3. The summed E-state index contributed by atoms with van der Waals surface area (Å²) in [6, 6.07) is 11.6. The van der Waals surface area contributed by atoms with Crippen molar-refractivity contribution in [3.05, 3.63) is 65.4 Å². The van der Waals surface area contributed by atoms with Crippen LogP contribution in [0.3, 0.4) is 0 Å². The van der Waals surface area contributed by atoms with Gasteiger partial charge in [-0.2, -0.15) is 0 Å². The third kappa shape index (κ3) is 2.50. The minimum absolute atomic E-state index is 0.197. The number of benzene rings is 1. The van der Waals surface area contributed by atoms with Crippen molar-refractivity contribution in [1.29, 1.82) is 0 Å². The lowest BCUT2D eigenvalue weighted by Gasteiger charge is -2.08. The van der Waals surface area contributed by atoms with Gasteiger partial charge in [0.05, 0.1) is 15.9 Å². The van der Waals surface area contributed by atoms with Crippen LogP contribution in [-0.4, -0.2) is 22.4 Å². The molecular formula is C16H10ClN3O2S2. The molecule has 0 N–H and O–H groups in total. The monoisotopic (exact) mass is 375 g/mol. The van der Waals surface area contributed by atoms with Crippen LogP contribution >= 0.6 is 22.9 Å².